The molecule has 2 unspecified atom stereocenters. The van der Waals surface area contributed by atoms with Crippen molar-refractivity contribution in [3.63, 3.8) is 0 Å². The number of nitrogens with zero attached hydrogens (tertiary/aromatic N) is 1. The van der Waals surface area contributed by atoms with Gasteiger partial charge in [-0.25, -0.2) is 4.79 Å². The third kappa shape index (κ3) is 7.60. The number of carboxylic acids is 1. The molecule has 20 heavy (non-hydrogen) atoms. The molecule has 0 aromatic carbocycles. The van der Waals surface area contributed by atoms with Crippen molar-refractivity contribution in [1.82, 2.24) is 10.2 Å². The molecule has 2 N–H and O–H groups in total. The molecule has 0 rings (SSSR count). The number of carbonyl (C=O) groups excluding carboxylic acids is 2. The fourth-order valence-corrected chi connectivity index (χ4v) is 1.72. The number of carboxylic acid groups (broad SMARTS) is 1. The van der Waals surface area contributed by atoms with Crippen LogP contribution in [0.15, 0.2) is 0 Å². The number of nitrogens with one attached hydrogen (secondary N) is 1. The Hall–Kier alpha value is -1.79. The van der Waals surface area contributed by atoms with Crippen LogP contribution in [0.2, 0.25) is 0 Å². The Bertz CT molecular complexity index is 346. The molecular formula is C13H24N2O5. The van der Waals surface area contributed by atoms with Crippen LogP contribution in [0.5, 0.6) is 0 Å². The van der Waals surface area contributed by atoms with E-state index in [1.165, 1.54) is 12.0 Å². The number of hydrogen-bond donors (Lipinski definition) is 2. The number of ether oxygens (including phenoxy) is 1. The lowest BCUT2D eigenvalue weighted by Gasteiger charge is -2.23. The number of esters is 1. The molecule has 116 valence electrons. The number of aliphatic carboxylic acids is 1. The van der Waals surface area contributed by atoms with Gasteiger partial charge in [0, 0.05) is 26.1 Å². The highest BCUT2D eigenvalue weighted by Gasteiger charge is 2.19. The topological polar surface area (TPSA) is 95.9 Å². The Morgan fingerprint density at radius 1 is 1.30 bits per heavy atom. The van der Waals surface area contributed by atoms with Gasteiger partial charge in [-0.15, -0.1) is 0 Å². The lowest BCUT2D eigenvalue weighted by Crippen LogP contribution is -2.44. The zero-order valence-electron chi connectivity index (χ0n) is 12.5. The molecule has 2 amide bonds. The summed E-state index contributed by atoms with van der Waals surface area (Å²) in [5.74, 6) is -1.59. The SMILES string of the molecule is COC(=O)C(C)CN(C)C(=O)NC(C)CCCC(=O)O. The maximum absolute atomic E-state index is 11.8. The molecule has 0 aliphatic carbocycles. The van der Waals surface area contributed by atoms with Crippen LogP contribution in [0, 0.1) is 5.92 Å². The second kappa shape index (κ2) is 9.17. The molecule has 0 fully saturated rings. The lowest BCUT2D eigenvalue weighted by molar-refractivity contribution is -0.145. The maximum Gasteiger partial charge on any atom is 0.317 e. The Labute approximate surface area is 119 Å². The van der Waals surface area contributed by atoms with Crippen LogP contribution < -0.4 is 5.32 Å². The van der Waals surface area contributed by atoms with Gasteiger partial charge < -0.3 is 20.1 Å². The number of amides is 2. The summed E-state index contributed by atoms with van der Waals surface area (Å²) in [6.45, 7) is 3.77. The van der Waals surface area contributed by atoms with E-state index in [2.05, 4.69) is 10.1 Å². The number of rotatable bonds is 8. The van der Waals surface area contributed by atoms with Gasteiger partial charge in [-0.2, -0.15) is 0 Å². The van der Waals surface area contributed by atoms with Crippen molar-refractivity contribution in [1.29, 1.82) is 0 Å². The summed E-state index contributed by atoms with van der Waals surface area (Å²) in [5, 5.41) is 11.3. The van der Waals surface area contributed by atoms with Crippen LogP contribution in [0.3, 0.4) is 0 Å². The highest BCUT2D eigenvalue weighted by molar-refractivity contribution is 5.76. The first-order valence-corrected chi connectivity index (χ1v) is 6.59. The van der Waals surface area contributed by atoms with Gasteiger partial charge in [0.15, 0.2) is 0 Å². The highest BCUT2D eigenvalue weighted by Crippen LogP contribution is 2.04. The highest BCUT2D eigenvalue weighted by atomic mass is 16.5. The van der Waals surface area contributed by atoms with Crippen LogP contribution >= 0.6 is 0 Å². The number of urea groups is 1. The average molecular weight is 288 g/mol. The molecule has 0 aromatic rings. The molecule has 0 bridgehead atoms. The first kappa shape index (κ1) is 18.2. The molecule has 0 aliphatic heterocycles. The van der Waals surface area contributed by atoms with Gasteiger partial charge in [0.2, 0.25) is 0 Å². The van der Waals surface area contributed by atoms with E-state index in [1.54, 1.807) is 14.0 Å². The fourth-order valence-electron chi connectivity index (χ4n) is 1.72. The Balaban J connectivity index is 4.06. The molecular weight excluding hydrogens is 264 g/mol. The Morgan fingerprint density at radius 3 is 2.40 bits per heavy atom. The van der Waals surface area contributed by atoms with E-state index in [4.69, 9.17) is 5.11 Å². The normalized spacial score (nSPS) is 13.2. The summed E-state index contributed by atoms with van der Waals surface area (Å²) in [5.41, 5.74) is 0. The largest absolute Gasteiger partial charge is 0.481 e. The standard InChI is InChI=1S/C13H24N2O5/c1-9(12(18)20-4)8-15(3)13(19)14-10(2)6-5-7-11(16)17/h9-10H,5-8H2,1-4H3,(H,14,19)(H,16,17). The predicted molar refractivity (Wildman–Crippen MR) is 73.3 cm³/mol. The van der Waals surface area contributed by atoms with Gasteiger partial charge in [-0.05, 0) is 19.8 Å². The van der Waals surface area contributed by atoms with E-state index in [-0.39, 0.29) is 31.0 Å². The van der Waals surface area contributed by atoms with Gasteiger partial charge in [0.1, 0.15) is 0 Å². The van der Waals surface area contributed by atoms with Crippen molar-refractivity contribution in [3.05, 3.63) is 0 Å². The van der Waals surface area contributed by atoms with Gasteiger partial charge >= 0.3 is 18.0 Å². The molecule has 2 atom stereocenters. The van der Waals surface area contributed by atoms with Gasteiger partial charge in [-0.1, -0.05) is 6.92 Å². The lowest BCUT2D eigenvalue weighted by atomic mass is 10.1. The minimum absolute atomic E-state index is 0.0927. The summed E-state index contributed by atoms with van der Waals surface area (Å²) in [7, 11) is 2.90. The molecule has 7 nitrogen and oxygen atoms in total. The first-order valence-electron chi connectivity index (χ1n) is 6.59. The van der Waals surface area contributed by atoms with Crippen LogP contribution in [0.4, 0.5) is 4.79 Å². The molecule has 0 spiro atoms. The average Bonchev–Trinajstić information content (AvgIpc) is 2.36. The second-order valence-corrected chi connectivity index (χ2v) is 4.94. The predicted octanol–water partition coefficient (Wildman–Crippen LogP) is 1.08. The van der Waals surface area contributed by atoms with E-state index in [1.807, 2.05) is 6.92 Å². The van der Waals surface area contributed by atoms with E-state index < -0.39 is 11.9 Å². The van der Waals surface area contributed by atoms with Crippen LogP contribution in [-0.2, 0) is 14.3 Å². The summed E-state index contributed by atoms with van der Waals surface area (Å²) in [4.78, 5) is 34.9. The van der Waals surface area contributed by atoms with Crippen LogP contribution in [0.1, 0.15) is 33.1 Å². The monoisotopic (exact) mass is 288 g/mol. The van der Waals surface area contributed by atoms with E-state index in [0.29, 0.717) is 12.8 Å². The third-order valence-corrected chi connectivity index (χ3v) is 2.90. The summed E-state index contributed by atoms with van der Waals surface area (Å²) < 4.78 is 4.60. The quantitative estimate of drug-likeness (QED) is 0.652. The van der Waals surface area contributed by atoms with Crippen LogP contribution in [0.25, 0.3) is 0 Å². The van der Waals surface area contributed by atoms with Gasteiger partial charge in [0.05, 0.1) is 13.0 Å². The van der Waals surface area contributed by atoms with Crippen molar-refractivity contribution in [2.24, 2.45) is 5.92 Å². The molecule has 7 heteroatoms. The van der Waals surface area contributed by atoms with Gasteiger partial charge in [0.25, 0.3) is 0 Å². The molecule has 0 radical (unpaired) electrons. The second-order valence-electron chi connectivity index (χ2n) is 4.94. The minimum atomic E-state index is -0.840. The van der Waals surface area contributed by atoms with Crippen molar-refractivity contribution in [2.75, 3.05) is 20.7 Å². The van der Waals surface area contributed by atoms with Crippen molar-refractivity contribution in [2.45, 2.75) is 39.2 Å². The number of methoxy groups -OCH3 is 1. The fraction of sp³-hybridized carbons (Fsp3) is 0.769. The van der Waals surface area contributed by atoms with Crippen molar-refractivity contribution >= 4 is 18.0 Å². The zero-order chi connectivity index (χ0) is 15.7. The van der Waals surface area contributed by atoms with E-state index in [9.17, 15) is 14.4 Å². The summed E-state index contributed by atoms with van der Waals surface area (Å²) >= 11 is 0. The van der Waals surface area contributed by atoms with Crippen molar-refractivity contribution < 1.29 is 24.2 Å². The summed E-state index contributed by atoms with van der Waals surface area (Å²) in [6, 6.07) is -0.402. The first-order chi connectivity index (χ1) is 9.27. The smallest absolute Gasteiger partial charge is 0.317 e. The Morgan fingerprint density at radius 2 is 1.90 bits per heavy atom. The zero-order valence-corrected chi connectivity index (χ0v) is 12.5. The van der Waals surface area contributed by atoms with E-state index in [0.717, 1.165) is 0 Å². The van der Waals surface area contributed by atoms with E-state index >= 15 is 0 Å². The third-order valence-electron chi connectivity index (χ3n) is 2.90. The molecule has 0 heterocycles. The number of carbonyl (C=O) groups is 3. The maximum atomic E-state index is 11.8. The Kier molecular flexibility index (Phi) is 8.35. The van der Waals surface area contributed by atoms with Gasteiger partial charge in [-0.3, -0.25) is 9.59 Å². The number of hydrogen-bond acceptors (Lipinski definition) is 4. The summed E-state index contributed by atoms with van der Waals surface area (Å²) in [6.07, 6.45) is 1.20. The minimum Gasteiger partial charge on any atom is -0.481 e. The van der Waals surface area contributed by atoms with Crippen molar-refractivity contribution in [3.8, 4) is 0 Å². The molecule has 0 saturated heterocycles. The molecule has 0 aromatic heterocycles. The molecule has 0 saturated carbocycles. The molecule has 0 aliphatic rings. The van der Waals surface area contributed by atoms with Crippen LogP contribution in [-0.4, -0.2) is 54.7 Å².